The van der Waals surface area contributed by atoms with Crippen LogP contribution in [0, 0.1) is 10.1 Å². The van der Waals surface area contributed by atoms with Crippen LogP contribution in [-0.2, 0) is 6.42 Å². The van der Waals surface area contributed by atoms with Gasteiger partial charge in [-0.1, -0.05) is 48.0 Å². The van der Waals surface area contributed by atoms with Gasteiger partial charge in [-0.3, -0.25) is 15.0 Å². The minimum atomic E-state index is -0.356. The Morgan fingerprint density at radius 1 is 1.09 bits per heavy atom. The molecule has 0 bridgehead atoms. The summed E-state index contributed by atoms with van der Waals surface area (Å²) >= 11 is 6.34. The maximum atomic E-state index is 11.3. The molecule has 3 aromatic rings. The summed E-state index contributed by atoms with van der Waals surface area (Å²) in [6.45, 7) is 1.44. The first-order valence-electron chi connectivity index (χ1n) is 10.7. The third-order valence-corrected chi connectivity index (χ3v) is 6.14. The van der Waals surface area contributed by atoms with Crippen molar-refractivity contribution in [2.24, 2.45) is 0 Å². The van der Waals surface area contributed by atoms with Crippen LogP contribution in [0.5, 0.6) is 11.5 Å². The average Bonchev–Trinajstić information content (AvgIpc) is 2.83. The third kappa shape index (κ3) is 4.87. The number of benzene rings is 3. The number of ether oxygens (including phenoxy) is 2. The van der Waals surface area contributed by atoms with Gasteiger partial charge in [0.15, 0.2) is 11.5 Å². The van der Waals surface area contributed by atoms with E-state index in [0.29, 0.717) is 28.6 Å². The van der Waals surface area contributed by atoms with E-state index < -0.39 is 0 Å². The Hall–Kier alpha value is -3.35. The van der Waals surface area contributed by atoms with Gasteiger partial charge in [-0.15, -0.1) is 0 Å². The molecule has 1 aliphatic rings. The number of hydrogen-bond acceptors (Lipinski definition) is 5. The molecule has 1 atom stereocenters. The summed E-state index contributed by atoms with van der Waals surface area (Å²) in [5.74, 6) is 1.39. The number of para-hydroxylation sites is 1. The number of nitrogens with zero attached hydrogens (tertiary/aromatic N) is 2. The molecule has 1 heterocycles. The Labute approximate surface area is 198 Å². The summed E-state index contributed by atoms with van der Waals surface area (Å²) in [5, 5.41) is 12.0. The summed E-state index contributed by atoms with van der Waals surface area (Å²) in [5.41, 5.74) is 4.11. The molecule has 33 heavy (non-hydrogen) atoms. The molecule has 0 saturated carbocycles. The van der Waals surface area contributed by atoms with Crippen LogP contribution >= 0.6 is 11.6 Å². The van der Waals surface area contributed by atoms with Gasteiger partial charge in [0.05, 0.1) is 30.7 Å². The zero-order valence-electron chi connectivity index (χ0n) is 18.5. The van der Waals surface area contributed by atoms with Gasteiger partial charge in [0.25, 0.3) is 5.69 Å². The normalized spacial score (nSPS) is 15.9. The van der Waals surface area contributed by atoms with E-state index in [1.165, 1.54) is 11.6 Å². The van der Waals surface area contributed by atoms with Gasteiger partial charge in [0, 0.05) is 24.2 Å². The van der Waals surface area contributed by atoms with E-state index in [1.54, 1.807) is 32.4 Å². The molecule has 6 nitrogen and oxygen atoms in total. The van der Waals surface area contributed by atoms with Crippen LogP contribution in [0.1, 0.15) is 28.3 Å². The van der Waals surface area contributed by atoms with E-state index in [0.717, 1.165) is 24.1 Å². The second kappa shape index (κ2) is 10.1. The molecule has 0 saturated heterocycles. The lowest BCUT2D eigenvalue weighted by Crippen LogP contribution is -2.36. The highest BCUT2D eigenvalue weighted by molar-refractivity contribution is 6.30. The lowest BCUT2D eigenvalue weighted by Gasteiger charge is -2.37. The summed E-state index contributed by atoms with van der Waals surface area (Å²) in [6, 6.07) is 18.7. The van der Waals surface area contributed by atoms with Crippen LogP contribution in [0.4, 0.5) is 5.69 Å². The lowest BCUT2D eigenvalue weighted by molar-refractivity contribution is -0.385. The SMILES string of the molecule is COc1cc2c(cc1OC)[C@@H](c1cccc(Cl)c1)N(C/C=C/c1ccccc1[N+](=O)[O-])CC2. The van der Waals surface area contributed by atoms with E-state index in [9.17, 15) is 10.1 Å². The minimum absolute atomic E-state index is 0.0392. The zero-order valence-corrected chi connectivity index (χ0v) is 19.3. The van der Waals surface area contributed by atoms with Crippen LogP contribution in [0.3, 0.4) is 0 Å². The van der Waals surface area contributed by atoms with Crippen molar-refractivity contribution in [1.82, 2.24) is 4.90 Å². The second-order valence-corrected chi connectivity index (χ2v) is 8.26. The monoisotopic (exact) mass is 464 g/mol. The highest BCUT2D eigenvalue weighted by atomic mass is 35.5. The van der Waals surface area contributed by atoms with E-state index >= 15 is 0 Å². The third-order valence-electron chi connectivity index (χ3n) is 5.91. The Morgan fingerprint density at radius 3 is 2.58 bits per heavy atom. The lowest BCUT2D eigenvalue weighted by atomic mass is 9.87. The van der Waals surface area contributed by atoms with Gasteiger partial charge < -0.3 is 9.47 Å². The van der Waals surface area contributed by atoms with Crippen LogP contribution in [-0.4, -0.2) is 37.1 Å². The first-order chi connectivity index (χ1) is 16.0. The number of methoxy groups -OCH3 is 2. The largest absolute Gasteiger partial charge is 0.493 e. The van der Waals surface area contributed by atoms with Crippen LogP contribution in [0.15, 0.2) is 66.7 Å². The van der Waals surface area contributed by atoms with E-state index in [4.69, 9.17) is 21.1 Å². The van der Waals surface area contributed by atoms with E-state index in [-0.39, 0.29) is 16.7 Å². The van der Waals surface area contributed by atoms with Crippen LogP contribution in [0.2, 0.25) is 5.02 Å². The first kappa shape index (κ1) is 22.8. The minimum Gasteiger partial charge on any atom is -0.493 e. The van der Waals surface area contributed by atoms with Gasteiger partial charge in [0.1, 0.15) is 0 Å². The van der Waals surface area contributed by atoms with E-state index in [2.05, 4.69) is 11.0 Å². The van der Waals surface area contributed by atoms with Gasteiger partial charge in [-0.2, -0.15) is 0 Å². The number of nitro benzene ring substituents is 1. The maximum absolute atomic E-state index is 11.3. The van der Waals surface area contributed by atoms with Gasteiger partial charge in [-0.05, 0) is 53.4 Å². The Morgan fingerprint density at radius 2 is 1.85 bits per heavy atom. The van der Waals surface area contributed by atoms with Crippen molar-refractivity contribution in [3.63, 3.8) is 0 Å². The fraction of sp³-hybridized carbons (Fsp3) is 0.231. The average molecular weight is 465 g/mol. The van der Waals surface area contributed by atoms with E-state index in [1.807, 2.05) is 42.5 Å². The summed E-state index contributed by atoms with van der Waals surface area (Å²) in [6.07, 6.45) is 4.65. The molecule has 0 radical (unpaired) electrons. The summed E-state index contributed by atoms with van der Waals surface area (Å²) < 4.78 is 11.1. The molecule has 7 heteroatoms. The molecule has 0 aromatic heterocycles. The predicted molar refractivity (Wildman–Crippen MR) is 130 cm³/mol. The van der Waals surface area contributed by atoms with Crippen molar-refractivity contribution < 1.29 is 14.4 Å². The number of fused-ring (bicyclic) bond motifs is 1. The molecular weight excluding hydrogens is 440 g/mol. The van der Waals surface area contributed by atoms with Crippen molar-refractivity contribution in [2.75, 3.05) is 27.3 Å². The highest BCUT2D eigenvalue weighted by Gasteiger charge is 2.30. The molecule has 3 aromatic carbocycles. The van der Waals surface area contributed by atoms with Crippen molar-refractivity contribution >= 4 is 23.4 Å². The Bertz CT molecular complexity index is 1190. The molecule has 0 spiro atoms. The number of rotatable bonds is 7. The van der Waals surface area contributed by atoms with Gasteiger partial charge in [-0.25, -0.2) is 0 Å². The predicted octanol–water partition coefficient (Wildman–Crippen LogP) is 5.93. The molecule has 4 rings (SSSR count). The van der Waals surface area contributed by atoms with Gasteiger partial charge >= 0.3 is 0 Å². The van der Waals surface area contributed by atoms with Crippen LogP contribution in [0.25, 0.3) is 6.08 Å². The van der Waals surface area contributed by atoms with Crippen molar-refractivity contribution in [3.8, 4) is 11.5 Å². The van der Waals surface area contributed by atoms with Crippen molar-refractivity contribution in [2.45, 2.75) is 12.5 Å². The molecule has 0 N–H and O–H groups in total. The molecule has 170 valence electrons. The maximum Gasteiger partial charge on any atom is 0.276 e. The number of halogens is 1. The highest BCUT2D eigenvalue weighted by Crippen LogP contribution is 2.41. The molecule has 0 aliphatic carbocycles. The Balaban J connectivity index is 1.70. The number of nitro groups is 1. The van der Waals surface area contributed by atoms with Crippen molar-refractivity contribution in [1.29, 1.82) is 0 Å². The quantitative estimate of drug-likeness (QED) is 0.320. The summed E-state index contributed by atoms with van der Waals surface area (Å²) in [4.78, 5) is 13.3. The molecule has 1 aliphatic heterocycles. The van der Waals surface area contributed by atoms with Gasteiger partial charge in [0.2, 0.25) is 0 Å². The number of hydrogen-bond donors (Lipinski definition) is 0. The van der Waals surface area contributed by atoms with Crippen molar-refractivity contribution in [3.05, 3.63) is 104 Å². The van der Waals surface area contributed by atoms with Crippen LogP contribution < -0.4 is 9.47 Å². The fourth-order valence-corrected chi connectivity index (χ4v) is 4.57. The Kier molecular flexibility index (Phi) is 6.96. The first-order valence-corrected chi connectivity index (χ1v) is 11.0. The second-order valence-electron chi connectivity index (χ2n) is 7.83. The zero-order chi connectivity index (χ0) is 23.4. The summed E-state index contributed by atoms with van der Waals surface area (Å²) in [7, 11) is 3.27. The fourth-order valence-electron chi connectivity index (χ4n) is 4.37. The molecule has 0 fully saturated rings. The topological polar surface area (TPSA) is 64.8 Å². The molecule has 0 amide bonds. The smallest absolute Gasteiger partial charge is 0.276 e. The standard InChI is InChI=1S/C26H25ClN2O4/c1-32-24-16-19-12-14-28(13-6-9-18-7-3-4-11-23(18)29(30)31)26(22(19)17-25(24)33-2)20-8-5-10-21(27)15-20/h3-11,15-17,26H,12-14H2,1-2H3/b9-6+/t26-/m1/s1. The molecule has 0 unspecified atom stereocenters. The molecular formula is C26H25ClN2O4.